The molecule has 20 heavy (non-hydrogen) atoms. The molecule has 1 aromatic heterocycles. The average molecular weight is 284 g/mol. The van der Waals surface area contributed by atoms with Crippen LogP contribution in [0.3, 0.4) is 0 Å². The number of nitrogens with zero attached hydrogens (tertiary/aromatic N) is 3. The van der Waals surface area contributed by atoms with Crippen LogP contribution in [-0.4, -0.2) is 21.5 Å². The lowest BCUT2D eigenvalue weighted by Crippen LogP contribution is -2.21. The van der Waals surface area contributed by atoms with Crippen LogP contribution < -0.4 is 5.32 Å². The van der Waals surface area contributed by atoms with Gasteiger partial charge in [0, 0.05) is 18.7 Å². The standard InChI is InChI=1S/C13H15F3N4/c1-8(2)5-17-6-10-7-18-19-20(10)13-11(15)3-9(14)4-12(13)16/h3-4,7-8,17H,5-6H2,1-2H3. The zero-order chi connectivity index (χ0) is 14.7. The number of nitrogens with one attached hydrogen (secondary N) is 1. The van der Waals surface area contributed by atoms with E-state index in [9.17, 15) is 13.2 Å². The first kappa shape index (κ1) is 14.5. The molecule has 4 nitrogen and oxygen atoms in total. The average Bonchev–Trinajstić information content (AvgIpc) is 2.75. The summed E-state index contributed by atoms with van der Waals surface area (Å²) in [5.74, 6) is -2.56. The molecule has 1 aromatic carbocycles. The number of benzene rings is 1. The minimum Gasteiger partial charge on any atom is -0.311 e. The van der Waals surface area contributed by atoms with E-state index in [0.29, 0.717) is 30.3 Å². The molecule has 0 saturated carbocycles. The van der Waals surface area contributed by atoms with Gasteiger partial charge in [-0.05, 0) is 12.5 Å². The third kappa shape index (κ3) is 3.16. The Hall–Kier alpha value is -1.89. The Morgan fingerprint density at radius 1 is 1.20 bits per heavy atom. The maximum atomic E-state index is 13.7. The maximum Gasteiger partial charge on any atom is 0.154 e. The van der Waals surface area contributed by atoms with Crippen LogP contribution in [0.5, 0.6) is 0 Å². The second-order valence-electron chi connectivity index (χ2n) is 4.88. The first-order chi connectivity index (χ1) is 9.49. The molecule has 108 valence electrons. The molecule has 0 unspecified atom stereocenters. The number of halogens is 3. The molecule has 0 atom stereocenters. The molecule has 0 aliphatic carbocycles. The van der Waals surface area contributed by atoms with E-state index in [1.807, 2.05) is 13.8 Å². The fourth-order valence-electron chi connectivity index (χ4n) is 1.79. The highest BCUT2D eigenvalue weighted by Crippen LogP contribution is 2.19. The van der Waals surface area contributed by atoms with Crippen molar-refractivity contribution < 1.29 is 13.2 Å². The van der Waals surface area contributed by atoms with Gasteiger partial charge in [0.15, 0.2) is 11.6 Å². The van der Waals surface area contributed by atoms with Crippen LogP contribution in [0.15, 0.2) is 18.3 Å². The molecule has 0 aliphatic rings. The van der Waals surface area contributed by atoms with Crippen molar-refractivity contribution in [2.24, 2.45) is 5.92 Å². The van der Waals surface area contributed by atoms with Gasteiger partial charge in [-0.1, -0.05) is 19.1 Å². The zero-order valence-electron chi connectivity index (χ0n) is 11.2. The largest absolute Gasteiger partial charge is 0.311 e. The summed E-state index contributed by atoms with van der Waals surface area (Å²) in [7, 11) is 0. The van der Waals surface area contributed by atoms with Crippen LogP contribution in [0.4, 0.5) is 13.2 Å². The van der Waals surface area contributed by atoms with Crippen LogP contribution >= 0.6 is 0 Å². The predicted molar refractivity (Wildman–Crippen MR) is 67.8 cm³/mol. The van der Waals surface area contributed by atoms with Gasteiger partial charge in [0.2, 0.25) is 0 Å². The van der Waals surface area contributed by atoms with Gasteiger partial charge in [-0.2, -0.15) is 0 Å². The molecular formula is C13H15F3N4. The zero-order valence-corrected chi connectivity index (χ0v) is 11.2. The van der Waals surface area contributed by atoms with Gasteiger partial charge in [0.1, 0.15) is 11.5 Å². The van der Waals surface area contributed by atoms with E-state index in [1.165, 1.54) is 6.20 Å². The topological polar surface area (TPSA) is 42.7 Å². The molecule has 0 amide bonds. The Bertz CT molecular complexity index is 572. The summed E-state index contributed by atoms with van der Waals surface area (Å²) >= 11 is 0. The number of rotatable bonds is 5. The maximum absolute atomic E-state index is 13.7. The molecular weight excluding hydrogens is 269 g/mol. The van der Waals surface area contributed by atoms with E-state index < -0.39 is 23.1 Å². The molecule has 0 radical (unpaired) electrons. The van der Waals surface area contributed by atoms with Gasteiger partial charge in [0.05, 0.1) is 11.9 Å². The van der Waals surface area contributed by atoms with E-state index in [2.05, 4.69) is 15.6 Å². The molecule has 2 aromatic rings. The fraction of sp³-hybridized carbons (Fsp3) is 0.385. The van der Waals surface area contributed by atoms with Gasteiger partial charge in [-0.15, -0.1) is 5.10 Å². The van der Waals surface area contributed by atoms with E-state index >= 15 is 0 Å². The Morgan fingerprint density at radius 2 is 1.85 bits per heavy atom. The quantitative estimate of drug-likeness (QED) is 0.917. The second-order valence-corrected chi connectivity index (χ2v) is 4.88. The Morgan fingerprint density at radius 3 is 2.45 bits per heavy atom. The molecule has 0 bridgehead atoms. The lowest BCUT2D eigenvalue weighted by Gasteiger charge is -2.10. The van der Waals surface area contributed by atoms with Crippen molar-refractivity contribution in [2.45, 2.75) is 20.4 Å². The summed E-state index contributed by atoms with van der Waals surface area (Å²) in [6.45, 7) is 5.20. The lowest BCUT2D eigenvalue weighted by atomic mass is 10.2. The summed E-state index contributed by atoms with van der Waals surface area (Å²) in [6, 6.07) is 1.23. The molecule has 0 spiro atoms. The first-order valence-electron chi connectivity index (χ1n) is 6.24. The van der Waals surface area contributed by atoms with Crippen LogP contribution in [0.25, 0.3) is 5.69 Å². The molecule has 1 heterocycles. The van der Waals surface area contributed by atoms with Gasteiger partial charge in [-0.25, -0.2) is 17.9 Å². The van der Waals surface area contributed by atoms with Crippen molar-refractivity contribution in [3.63, 3.8) is 0 Å². The minimum absolute atomic E-state index is 0.363. The van der Waals surface area contributed by atoms with E-state index in [1.54, 1.807) is 0 Å². The van der Waals surface area contributed by atoms with Crippen molar-refractivity contribution in [1.29, 1.82) is 0 Å². The van der Waals surface area contributed by atoms with E-state index in [4.69, 9.17) is 0 Å². The van der Waals surface area contributed by atoms with Gasteiger partial charge >= 0.3 is 0 Å². The van der Waals surface area contributed by atoms with Gasteiger partial charge in [0.25, 0.3) is 0 Å². The third-order valence-corrected chi connectivity index (χ3v) is 2.67. The third-order valence-electron chi connectivity index (χ3n) is 2.67. The normalized spacial score (nSPS) is 11.3. The summed E-state index contributed by atoms with van der Waals surface area (Å²) in [5, 5.41) is 10.4. The van der Waals surface area contributed by atoms with Crippen molar-refractivity contribution in [3.05, 3.63) is 41.5 Å². The van der Waals surface area contributed by atoms with Crippen LogP contribution in [0.1, 0.15) is 19.5 Å². The van der Waals surface area contributed by atoms with Gasteiger partial charge in [-0.3, -0.25) is 0 Å². The highest BCUT2D eigenvalue weighted by atomic mass is 19.1. The molecule has 0 fully saturated rings. The second kappa shape index (κ2) is 6.04. The smallest absolute Gasteiger partial charge is 0.154 e. The van der Waals surface area contributed by atoms with Crippen molar-refractivity contribution in [3.8, 4) is 5.69 Å². The highest BCUT2D eigenvalue weighted by molar-refractivity contribution is 5.36. The first-order valence-corrected chi connectivity index (χ1v) is 6.24. The Labute approximate surface area is 114 Å². The lowest BCUT2D eigenvalue weighted by molar-refractivity contribution is 0.513. The minimum atomic E-state index is -1.02. The molecule has 0 saturated heterocycles. The van der Waals surface area contributed by atoms with Crippen LogP contribution in [0.2, 0.25) is 0 Å². The Kier molecular flexibility index (Phi) is 4.39. The van der Waals surface area contributed by atoms with Gasteiger partial charge < -0.3 is 5.32 Å². The number of aromatic nitrogens is 3. The number of hydrogen-bond donors (Lipinski definition) is 1. The summed E-state index contributed by atoms with van der Waals surface area (Å²) in [4.78, 5) is 0. The Balaban J connectivity index is 2.28. The van der Waals surface area contributed by atoms with Crippen molar-refractivity contribution >= 4 is 0 Å². The summed E-state index contributed by atoms with van der Waals surface area (Å²) in [5.41, 5.74) is 0.0697. The van der Waals surface area contributed by atoms with Crippen molar-refractivity contribution in [2.75, 3.05) is 6.54 Å². The van der Waals surface area contributed by atoms with Crippen LogP contribution in [-0.2, 0) is 6.54 Å². The fourth-order valence-corrected chi connectivity index (χ4v) is 1.79. The monoisotopic (exact) mass is 284 g/mol. The predicted octanol–water partition coefficient (Wildman–Crippen LogP) is 2.43. The molecule has 7 heteroatoms. The van der Waals surface area contributed by atoms with Crippen molar-refractivity contribution in [1.82, 2.24) is 20.3 Å². The van der Waals surface area contributed by atoms with Crippen LogP contribution in [0, 0.1) is 23.4 Å². The van der Waals surface area contributed by atoms with E-state index in [0.717, 1.165) is 11.2 Å². The molecule has 2 rings (SSSR count). The number of hydrogen-bond acceptors (Lipinski definition) is 3. The highest BCUT2D eigenvalue weighted by Gasteiger charge is 2.17. The summed E-state index contributed by atoms with van der Waals surface area (Å²) in [6.07, 6.45) is 1.41. The SMILES string of the molecule is CC(C)CNCc1cnnn1-c1c(F)cc(F)cc1F. The summed E-state index contributed by atoms with van der Waals surface area (Å²) < 4.78 is 41.4. The molecule has 0 aliphatic heterocycles. The molecule has 1 N–H and O–H groups in total. The van der Waals surface area contributed by atoms with E-state index in [-0.39, 0.29) is 0 Å².